The van der Waals surface area contributed by atoms with Crippen LogP contribution in [-0.2, 0) is 20.9 Å². The highest BCUT2D eigenvalue weighted by atomic mass is 35.5. The summed E-state index contributed by atoms with van der Waals surface area (Å²) in [5, 5.41) is 15.2. The van der Waals surface area contributed by atoms with Crippen LogP contribution in [0.25, 0.3) is 11.1 Å². The molecule has 2 amide bonds. The van der Waals surface area contributed by atoms with Gasteiger partial charge in [0.2, 0.25) is 5.91 Å². The third-order valence-corrected chi connectivity index (χ3v) is 7.57. The van der Waals surface area contributed by atoms with Crippen LogP contribution < -0.4 is 10.6 Å². The fourth-order valence-electron chi connectivity index (χ4n) is 5.16. The maximum atomic E-state index is 15.1. The van der Waals surface area contributed by atoms with Crippen molar-refractivity contribution in [1.82, 2.24) is 9.88 Å². The molecular weight excluding hydrogens is 558 g/mol. The highest BCUT2D eigenvalue weighted by Gasteiger charge is 2.31. The molecule has 12 heteroatoms. The topological polar surface area (TPSA) is 121 Å². The minimum absolute atomic E-state index is 0.00705. The lowest BCUT2D eigenvalue weighted by Gasteiger charge is -2.28. The van der Waals surface area contributed by atoms with Gasteiger partial charge in [-0.15, -0.1) is 0 Å². The van der Waals surface area contributed by atoms with E-state index >= 15 is 4.39 Å². The Balaban J connectivity index is 1.54. The van der Waals surface area contributed by atoms with Gasteiger partial charge in [-0.1, -0.05) is 24.4 Å². The number of carboxylic acid groups (broad SMARTS) is 1. The van der Waals surface area contributed by atoms with Gasteiger partial charge in [0.25, 0.3) is 0 Å². The molecule has 3 heterocycles. The summed E-state index contributed by atoms with van der Waals surface area (Å²) in [6, 6.07) is 9.22. The van der Waals surface area contributed by atoms with Crippen LogP contribution in [0.4, 0.5) is 25.0 Å². The van der Waals surface area contributed by atoms with Crippen LogP contribution in [-0.4, -0.2) is 52.2 Å². The Kier molecular flexibility index (Phi) is 8.34. The highest BCUT2D eigenvalue weighted by Crippen LogP contribution is 2.35. The first-order chi connectivity index (χ1) is 19.7. The molecule has 0 spiro atoms. The fourth-order valence-corrected chi connectivity index (χ4v) is 5.34. The normalized spacial score (nSPS) is 19.3. The minimum atomic E-state index is -1.04. The van der Waals surface area contributed by atoms with Gasteiger partial charge in [-0.25, -0.2) is 18.4 Å². The third-order valence-electron chi connectivity index (χ3n) is 7.28. The number of nitrogens with zero attached hydrogens (tertiary/aromatic N) is 2. The van der Waals surface area contributed by atoms with Crippen molar-refractivity contribution < 1.29 is 33.0 Å². The fraction of sp³-hybridized carbons (Fsp3) is 0.310. The molecule has 9 nitrogen and oxygen atoms in total. The van der Waals surface area contributed by atoms with Gasteiger partial charge in [0.1, 0.15) is 24.3 Å². The smallest absolute Gasteiger partial charge is 0.411 e. The largest absolute Gasteiger partial charge is 0.480 e. The molecule has 41 heavy (non-hydrogen) atoms. The van der Waals surface area contributed by atoms with E-state index in [0.29, 0.717) is 41.8 Å². The number of amides is 2. The number of benzene rings is 2. The van der Waals surface area contributed by atoms with Crippen LogP contribution >= 0.6 is 11.6 Å². The molecule has 1 aromatic heterocycles. The molecule has 2 aliphatic rings. The molecule has 2 aromatic carbocycles. The average Bonchev–Trinajstić information content (AvgIpc) is 3.03. The number of anilines is 2. The van der Waals surface area contributed by atoms with Crippen molar-refractivity contribution in [2.75, 3.05) is 23.8 Å². The molecule has 0 saturated carbocycles. The van der Waals surface area contributed by atoms with Crippen LogP contribution in [0.3, 0.4) is 0 Å². The lowest BCUT2D eigenvalue weighted by molar-refractivity contribution is -0.138. The van der Waals surface area contributed by atoms with E-state index in [2.05, 4.69) is 15.6 Å². The van der Waals surface area contributed by atoms with E-state index in [0.717, 1.165) is 0 Å². The molecule has 2 aliphatic heterocycles. The number of cyclic esters (lactones) is 1. The van der Waals surface area contributed by atoms with Gasteiger partial charge in [-0.2, -0.15) is 0 Å². The summed E-state index contributed by atoms with van der Waals surface area (Å²) in [6.07, 6.45) is 2.33. The summed E-state index contributed by atoms with van der Waals surface area (Å²) in [7, 11) is 0. The second-order valence-corrected chi connectivity index (χ2v) is 10.3. The lowest BCUT2D eigenvalue weighted by Crippen LogP contribution is -2.37. The van der Waals surface area contributed by atoms with E-state index < -0.39 is 35.7 Å². The Morgan fingerprint density at radius 2 is 1.85 bits per heavy atom. The number of hydrogen-bond acceptors (Lipinski definition) is 6. The maximum absolute atomic E-state index is 15.1. The molecule has 3 N–H and O–H groups in total. The zero-order chi connectivity index (χ0) is 29.1. The van der Waals surface area contributed by atoms with Crippen molar-refractivity contribution in [3.63, 3.8) is 0 Å². The number of aromatic nitrogens is 1. The van der Waals surface area contributed by atoms with Gasteiger partial charge in [-0.3, -0.25) is 15.1 Å². The molecule has 2 unspecified atom stereocenters. The lowest BCUT2D eigenvalue weighted by atomic mass is 9.91. The summed E-state index contributed by atoms with van der Waals surface area (Å²) < 4.78 is 34.6. The van der Waals surface area contributed by atoms with E-state index in [4.69, 9.17) is 16.3 Å². The van der Waals surface area contributed by atoms with Crippen LogP contribution in [0.2, 0.25) is 5.02 Å². The van der Waals surface area contributed by atoms with E-state index in [1.54, 1.807) is 12.1 Å². The summed E-state index contributed by atoms with van der Waals surface area (Å²) in [5.74, 6) is -3.46. The van der Waals surface area contributed by atoms with Crippen LogP contribution in [0, 0.1) is 11.6 Å². The van der Waals surface area contributed by atoms with Crippen molar-refractivity contribution in [3.05, 3.63) is 76.6 Å². The molecule has 0 saturated heterocycles. The van der Waals surface area contributed by atoms with Crippen molar-refractivity contribution in [3.8, 4) is 11.1 Å². The first kappa shape index (κ1) is 28.3. The number of hydrogen-bond donors (Lipinski definition) is 3. The molecule has 0 fully saturated rings. The van der Waals surface area contributed by atoms with E-state index in [-0.39, 0.29) is 48.3 Å². The highest BCUT2D eigenvalue weighted by molar-refractivity contribution is 6.31. The minimum Gasteiger partial charge on any atom is -0.480 e. The number of fused-ring (bicyclic) bond motifs is 5. The van der Waals surface area contributed by atoms with Gasteiger partial charge in [0.15, 0.2) is 0 Å². The molecule has 214 valence electrons. The van der Waals surface area contributed by atoms with Crippen molar-refractivity contribution in [2.45, 2.75) is 44.2 Å². The van der Waals surface area contributed by atoms with Crippen molar-refractivity contribution in [1.29, 1.82) is 0 Å². The predicted molar refractivity (Wildman–Crippen MR) is 148 cm³/mol. The van der Waals surface area contributed by atoms with Crippen molar-refractivity contribution >= 4 is 40.9 Å². The van der Waals surface area contributed by atoms with E-state index in [9.17, 15) is 23.9 Å². The number of carboxylic acids is 1. The molecular formula is C29H27ClF2N4O5. The van der Waals surface area contributed by atoms with Crippen LogP contribution in [0.1, 0.15) is 42.9 Å². The Bertz CT molecular complexity index is 1500. The first-order valence-corrected chi connectivity index (χ1v) is 13.5. The predicted octanol–water partition coefficient (Wildman–Crippen LogP) is 5.79. The number of aliphatic carboxylic acids is 1. The number of carbonyl (C=O) groups excluding carboxylic acids is 2. The van der Waals surface area contributed by atoms with Gasteiger partial charge in [-0.05, 0) is 60.9 Å². The van der Waals surface area contributed by atoms with Gasteiger partial charge >= 0.3 is 12.1 Å². The second-order valence-electron chi connectivity index (χ2n) is 9.94. The summed E-state index contributed by atoms with van der Waals surface area (Å²) in [6.45, 7) is -0.313. The Morgan fingerprint density at radius 3 is 2.66 bits per heavy atom. The molecule has 0 radical (unpaired) electrons. The molecule has 0 aliphatic carbocycles. The first-order valence-electron chi connectivity index (χ1n) is 13.2. The summed E-state index contributed by atoms with van der Waals surface area (Å²) >= 11 is 6.02. The number of halogens is 3. The maximum Gasteiger partial charge on any atom is 0.411 e. The number of rotatable bonds is 2. The average molecular weight is 585 g/mol. The zero-order valence-electron chi connectivity index (χ0n) is 21.8. The zero-order valence-corrected chi connectivity index (χ0v) is 22.6. The number of nitrogens with one attached hydrogen (secondary N) is 2. The van der Waals surface area contributed by atoms with Crippen LogP contribution in [0.15, 0.2) is 48.7 Å². The summed E-state index contributed by atoms with van der Waals surface area (Å²) in [4.78, 5) is 44.2. The SMILES string of the molecule is O=C1Nc2ccc(Cl)c(F)c2CN(C(=O)C2CCCCC(C(=O)O)Nc3ccc(F)cc3-c3ccnc2c3)CCO1. The number of ether oxygens (including phenoxy) is 1. The quantitative estimate of drug-likeness (QED) is 0.348. The molecule has 3 aromatic rings. The standard InChI is InChI=1S/C29H27ClF2N4O5/c30-21-6-8-23-20(26(21)32)15-36(11-12-41-29(40)35-23)27(37)18-3-1-2-4-24(28(38)39)34-22-7-5-17(31)14-19(22)16-9-10-33-25(18)13-16/h5-10,13-14,18,24,34H,1-4,11-12,15H2,(H,35,40)(H,38,39). The Hall–Kier alpha value is -4.25. The van der Waals surface area contributed by atoms with Crippen molar-refractivity contribution in [2.24, 2.45) is 0 Å². The number of carbonyl (C=O) groups is 3. The summed E-state index contributed by atoms with van der Waals surface area (Å²) in [5.41, 5.74) is 2.03. The van der Waals surface area contributed by atoms with Gasteiger partial charge < -0.3 is 20.1 Å². The molecule has 5 rings (SSSR count). The Morgan fingerprint density at radius 1 is 1.07 bits per heavy atom. The second kappa shape index (κ2) is 12.1. The third kappa shape index (κ3) is 6.25. The van der Waals surface area contributed by atoms with Crippen LogP contribution in [0.5, 0.6) is 0 Å². The number of pyridine rings is 1. The van der Waals surface area contributed by atoms with E-state index in [1.807, 2.05) is 0 Å². The Labute approximate surface area is 239 Å². The van der Waals surface area contributed by atoms with E-state index in [1.165, 1.54) is 41.4 Å². The van der Waals surface area contributed by atoms with Gasteiger partial charge in [0, 0.05) is 23.0 Å². The van der Waals surface area contributed by atoms with Gasteiger partial charge in [0.05, 0.1) is 35.4 Å². The molecule has 2 bridgehead atoms. The monoisotopic (exact) mass is 584 g/mol. The molecule has 2 atom stereocenters.